The predicted molar refractivity (Wildman–Crippen MR) is 89.8 cm³/mol. The lowest BCUT2D eigenvalue weighted by Gasteiger charge is -2.35. The molecule has 1 aromatic heterocycles. The summed E-state index contributed by atoms with van der Waals surface area (Å²) in [5.74, 6) is -0.0295. The van der Waals surface area contributed by atoms with Gasteiger partial charge in [0.2, 0.25) is 5.91 Å². The topological polar surface area (TPSA) is 79.6 Å². The van der Waals surface area contributed by atoms with Crippen LogP contribution in [0.25, 0.3) is 0 Å². The number of nitrogens with zero attached hydrogens (tertiary/aromatic N) is 4. The second-order valence-electron chi connectivity index (χ2n) is 5.66. The second-order valence-corrected chi connectivity index (χ2v) is 5.66. The van der Waals surface area contributed by atoms with Crippen LogP contribution in [0.1, 0.15) is 5.56 Å². The number of rotatable bonds is 4. The van der Waals surface area contributed by atoms with Gasteiger partial charge >= 0.3 is 5.82 Å². The lowest BCUT2D eigenvalue weighted by Crippen LogP contribution is -2.49. The minimum atomic E-state index is -0.510. The third-order valence-electron chi connectivity index (χ3n) is 4.12. The fourth-order valence-corrected chi connectivity index (χ4v) is 2.77. The van der Waals surface area contributed by atoms with Crippen LogP contribution >= 0.6 is 0 Å². The Morgan fingerprint density at radius 2 is 1.79 bits per heavy atom. The Balaban J connectivity index is 1.55. The zero-order chi connectivity index (χ0) is 16.9. The number of nitro groups is 1. The first-order valence-corrected chi connectivity index (χ1v) is 7.80. The zero-order valence-corrected chi connectivity index (χ0v) is 13.2. The van der Waals surface area contributed by atoms with Gasteiger partial charge in [-0.2, -0.15) is 0 Å². The lowest BCUT2D eigenvalue weighted by molar-refractivity contribution is -0.389. The number of carbonyl (C=O) groups is 1. The van der Waals surface area contributed by atoms with Crippen molar-refractivity contribution in [2.75, 3.05) is 31.1 Å². The monoisotopic (exact) mass is 326 g/mol. The molecule has 1 aliphatic heterocycles. The van der Waals surface area contributed by atoms with Crippen molar-refractivity contribution in [3.05, 3.63) is 64.3 Å². The maximum absolute atomic E-state index is 12.4. The third-order valence-corrected chi connectivity index (χ3v) is 4.12. The van der Waals surface area contributed by atoms with Gasteiger partial charge in [0.05, 0.1) is 12.1 Å². The Morgan fingerprint density at radius 3 is 2.38 bits per heavy atom. The standard InChI is InChI=1S/C17H18N4O3/c22-17(12-14-4-2-1-3-5-14)20-10-8-19(9-11-20)15-6-7-16(18-13-15)21(23)24/h1-7,13H,8-12H2. The summed E-state index contributed by atoms with van der Waals surface area (Å²) >= 11 is 0. The van der Waals surface area contributed by atoms with Crippen LogP contribution in [-0.2, 0) is 11.2 Å². The van der Waals surface area contributed by atoms with Crippen LogP contribution in [0.5, 0.6) is 0 Å². The van der Waals surface area contributed by atoms with Gasteiger partial charge in [0.15, 0.2) is 6.20 Å². The first-order chi connectivity index (χ1) is 11.6. The van der Waals surface area contributed by atoms with Crippen LogP contribution in [0.15, 0.2) is 48.7 Å². The molecule has 0 spiro atoms. The number of piperazine rings is 1. The normalized spacial score (nSPS) is 14.5. The lowest BCUT2D eigenvalue weighted by atomic mass is 10.1. The highest BCUT2D eigenvalue weighted by atomic mass is 16.6. The summed E-state index contributed by atoms with van der Waals surface area (Å²) in [5.41, 5.74) is 1.86. The Hall–Kier alpha value is -2.96. The molecule has 1 saturated heterocycles. The van der Waals surface area contributed by atoms with Crippen molar-refractivity contribution in [2.45, 2.75) is 6.42 Å². The number of aromatic nitrogens is 1. The summed E-state index contributed by atoms with van der Waals surface area (Å²) in [5, 5.41) is 10.6. The molecule has 2 aromatic rings. The molecule has 3 rings (SSSR count). The van der Waals surface area contributed by atoms with Crippen molar-refractivity contribution in [3.8, 4) is 0 Å². The van der Waals surface area contributed by atoms with E-state index < -0.39 is 4.92 Å². The minimum Gasteiger partial charge on any atom is -0.365 e. The Kier molecular flexibility index (Phi) is 4.69. The smallest absolute Gasteiger partial charge is 0.363 e. The van der Waals surface area contributed by atoms with Crippen LogP contribution in [0, 0.1) is 10.1 Å². The summed E-state index contributed by atoms with van der Waals surface area (Å²) in [6.07, 6.45) is 1.93. The molecule has 1 amide bonds. The molecule has 0 aliphatic carbocycles. The van der Waals surface area contributed by atoms with E-state index in [-0.39, 0.29) is 11.7 Å². The Labute approximate surface area is 139 Å². The van der Waals surface area contributed by atoms with E-state index in [2.05, 4.69) is 9.88 Å². The molecule has 0 unspecified atom stereocenters. The van der Waals surface area contributed by atoms with Gasteiger partial charge in [0.25, 0.3) is 0 Å². The number of carbonyl (C=O) groups excluding carboxylic acids is 1. The summed E-state index contributed by atoms with van der Waals surface area (Å²) in [6, 6.07) is 12.8. The van der Waals surface area contributed by atoms with E-state index in [0.717, 1.165) is 11.3 Å². The largest absolute Gasteiger partial charge is 0.365 e. The fraction of sp³-hybridized carbons (Fsp3) is 0.294. The van der Waals surface area contributed by atoms with E-state index in [0.29, 0.717) is 32.6 Å². The molecule has 1 fully saturated rings. The average molecular weight is 326 g/mol. The molecule has 7 heteroatoms. The van der Waals surface area contributed by atoms with Crippen molar-refractivity contribution >= 4 is 17.4 Å². The van der Waals surface area contributed by atoms with E-state index in [9.17, 15) is 14.9 Å². The van der Waals surface area contributed by atoms with E-state index in [1.807, 2.05) is 35.2 Å². The molecule has 0 N–H and O–H groups in total. The molecule has 0 saturated carbocycles. The number of anilines is 1. The van der Waals surface area contributed by atoms with E-state index in [4.69, 9.17) is 0 Å². The van der Waals surface area contributed by atoms with Crippen molar-refractivity contribution in [1.82, 2.24) is 9.88 Å². The molecule has 124 valence electrons. The number of benzene rings is 1. The van der Waals surface area contributed by atoms with Crippen molar-refractivity contribution in [3.63, 3.8) is 0 Å². The highest BCUT2D eigenvalue weighted by Crippen LogP contribution is 2.18. The van der Waals surface area contributed by atoms with Crippen LogP contribution in [0.4, 0.5) is 11.5 Å². The molecular weight excluding hydrogens is 308 g/mol. The molecule has 24 heavy (non-hydrogen) atoms. The third kappa shape index (κ3) is 3.68. The number of amides is 1. The van der Waals surface area contributed by atoms with Crippen molar-refractivity contribution < 1.29 is 9.72 Å². The average Bonchev–Trinajstić information content (AvgIpc) is 2.63. The van der Waals surface area contributed by atoms with Crippen LogP contribution < -0.4 is 4.90 Å². The van der Waals surface area contributed by atoms with Gasteiger partial charge in [0.1, 0.15) is 0 Å². The second kappa shape index (κ2) is 7.08. The van der Waals surface area contributed by atoms with Crippen LogP contribution in [0.3, 0.4) is 0 Å². The SMILES string of the molecule is O=C(Cc1ccccc1)N1CCN(c2ccc([N+](=O)[O-])nc2)CC1. The zero-order valence-electron chi connectivity index (χ0n) is 13.2. The molecule has 1 aromatic carbocycles. The minimum absolute atomic E-state index is 0.127. The fourth-order valence-electron chi connectivity index (χ4n) is 2.77. The van der Waals surface area contributed by atoms with Crippen LogP contribution in [0.2, 0.25) is 0 Å². The molecule has 0 radical (unpaired) electrons. The van der Waals surface area contributed by atoms with Crippen molar-refractivity contribution in [1.29, 1.82) is 0 Å². The van der Waals surface area contributed by atoms with E-state index in [1.165, 1.54) is 12.3 Å². The van der Waals surface area contributed by atoms with Gasteiger partial charge in [-0.1, -0.05) is 30.3 Å². The molecule has 0 bridgehead atoms. The Morgan fingerprint density at radius 1 is 1.08 bits per heavy atom. The predicted octanol–water partition coefficient (Wildman–Crippen LogP) is 1.88. The van der Waals surface area contributed by atoms with Crippen molar-refractivity contribution in [2.24, 2.45) is 0 Å². The summed E-state index contributed by atoms with van der Waals surface area (Å²) in [6.45, 7) is 2.67. The van der Waals surface area contributed by atoms with Crippen LogP contribution in [-0.4, -0.2) is 46.9 Å². The highest BCUT2D eigenvalue weighted by molar-refractivity contribution is 5.79. The number of pyridine rings is 1. The number of hydrogen-bond acceptors (Lipinski definition) is 5. The van der Waals surface area contributed by atoms with E-state index >= 15 is 0 Å². The van der Waals surface area contributed by atoms with Gasteiger partial charge in [-0.3, -0.25) is 4.79 Å². The first-order valence-electron chi connectivity index (χ1n) is 7.80. The molecular formula is C17H18N4O3. The van der Waals surface area contributed by atoms with Gasteiger partial charge < -0.3 is 19.9 Å². The Bertz CT molecular complexity index is 710. The summed E-state index contributed by atoms with van der Waals surface area (Å²) < 4.78 is 0. The molecule has 2 heterocycles. The van der Waals surface area contributed by atoms with Gasteiger partial charge in [-0.25, -0.2) is 0 Å². The summed E-state index contributed by atoms with van der Waals surface area (Å²) in [7, 11) is 0. The number of hydrogen-bond donors (Lipinski definition) is 0. The van der Waals surface area contributed by atoms with Gasteiger partial charge in [0, 0.05) is 32.2 Å². The first kappa shape index (κ1) is 15.9. The molecule has 7 nitrogen and oxygen atoms in total. The van der Waals surface area contributed by atoms with Gasteiger partial charge in [-0.05, 0) is 21.5 Å². The summed E-state index contributed by atoms with van der Waals surface area (Å²) in [4.78, 5) is 30.3. The maximum atomic E-state index is 12.4. The van der Waals surface area contributed by atoms with E-state index in [1.54, 1.807) is 6.07 Å². The molecule has 1 aliphatic rings. The molecule has 0 atom stereocenters. The highest BCUT2D eigenvalue weighted by Gasteiger charge is 2.22. The maximum Gasteiger partial charge on any atom is 0.363 e. The van der Waals surface area contributed by atoms with Gasteiger partial charge in [-0.15, -0.1) is 0 Å². The quantitative estimate of drug-likeness (QED) is 0.633.